The number of anilines is 1. The fourth-order valence-electron chi connectivity index (χ4n) is 3.43. The third-order valence-electron chi connectivity index (χ3n) is 4.88. The van der Waals surface area contributed by atoms with E-state index in [2.05, 4.69) is 10.3 Å². The molecule has 1 aromatic carbocycles. The second kappa shape index (κ2) is 6.06. The summed E-state index contributed by atoms with van der Waals surface area (Å²) in [6, 6.07) is 5.11. The zero-order valence-electron chi connectivity index (χ0n) is 14.1. The van der Waals surface area contributed by atoms with Gasteiger partial charge in [-0.25, -0.2) is 9.78 Å². The summed E-state index contributed by atoms with van der Waals surface area (Å²) in [5.74, 6) is 0.0233. The first-order valence-electron chi connectivity index (χ1n) is 8.69. The van der Waals surface area contributed by atoms with Crippen molar-refractivity contribution in [1.82, 2.24) is 9.88 Å². The van der Waals surface area contributed by atoms with Crippen LogP contribution in [0.3, 0.4) is 0 Å². The van der Waals surface area contributed by atoms with Crippen molar-refractivity contribution in [3.63, 3.8) is 0 Å². The van der Waals surface area contributed by atoms with Gasteiger partial charge in [0.2, 0.25) is 0 Å². The predicted molar refractivity (Wildman–Crippen MR) is 91.5 cm³/mol. The number of aliphatic carboxylic acids is 1. The quantitative estimate of drug-likeness (QED) is 0.891. The first kappa shape index (κ1) is 15.9. The van der Waals surface area contributed by atoms with Crippen LogP contribution in [-0.4, -0.2) is 40.1 Å². The Hall–Kier alpha value is -2.57. The number of carboxylic acid groups (broad SMARTS) is 1. The molecule has 0 spiro atoms. The highest BCUT2D eigenvalue weighted by atomic mass is 16.4. The van der Waals surface area contributed by atoms with Crippen LogP contribution in [0.2, 0.25) is 0 Å². The Kier molecular flexibility index (Phi) is 3.86. The Labute approximate surface area is 145 Å². The van der Waals surface area contributed by atoms with Gasteiger partial charge >= 0.3 is 12.0 Å². The van der Waals surface area contributed by atoms with Crippen molar-refractivity contribution in [1.29, 1.82) is 0 Å². The lowest BCUT2D eigenvalue weighted by Gasteiger charge is -2.34. The van der Waals surface area contributed by atoms with Gasteiger partial charge in [0.1, 0.15) is 5.52 Å². The molecule has 2 unspecified atom stereocenters. The van der Waals surface area contributed by atoms with E-state index in [-0.39, 0.29) is 18.5 Å². The maximum atomic E-state index is 12.5. The lowest BCUT2D eigenvalue weighted by atomic mass is 9.91. The molecular formula is C18H21N3O4. The van der Waals surface area contributed by atoms with E-state index in [9.17, 15) is 14.7 Å². The SMILES string of the molecule is CC1CC(C(=O)O)CN(C(=O)Nc2ccc3oc(C4CC4)nc3c2)C1. The standard InChI is InChI=1S/C18H21N3O4/c1-10-6-12(17(22)23)9-21(8-10)18(24)19-13-4-5-15-14(7-13)20-16(25-15)11-2-3-11/h4-5,7,10-12H,2-3,6,8-9H2,1H3,(H,19,24)(H,22,23). The maximum absolute atomic E-state index is 12.5. The molecular weight excluding hydrogens is 322 g/mol. The van der Waals surface area contributed by atoms with Gasteiger partial charge in [-0.05, 0) is 43.4 Å². The second-order valence-electron chi connectivity index (χ2n) is 7.22. The molecule has 1 aliphatic carbocycles. The first-order chi connectivity index (χ1) is 12.0. The van der Waals surface area contributed by atoms with Crippen molar-refractivity contribution in [3.05, 3.63) is 24.1 Å². The fourth-order valence-corrected chi connectivity index (χ4v) is 3.43. The average Bonchev–Trinajstić information content (AvgIpc) is 3.34. The van der Waals surface area contributed by atoms with Crippen LogP contribution >= 0.6 is 0 Å². The maximum Gasteiger partial charge on any atom is 0.321 e. The highest BCUT2D eigenvalue weighted by Crippen LogP contribution is 2.40. The van der Waals surface area contributed by atoms with Crippen LogP contribution in [0.15, 0.2) is 22.6 Å². The number of likely N-dealkylation sites (tertiary alicyclic amines) is 1. The van der Waals surface area contributed by atoms with Gasteiger partial charge < -0.3 is 19.7 Å². The molecule has 0 radical (unpaired) electrons. The number of rotatable bonds is 3. The molecule has 25 heavy (non-hydrogen) atoms. The zero-order valence-corrected chi connectivity index (χ0v) is 14.1. The fraction of sp³-hybridized carbons (Fsp3) is 0.500. The van der Waals surface area contributed by atoms with E-state index in [1.54, 1.807) is 17.0 Å². The predicted octanol–water partition coefficient (Wildman–Crippen LogP) is 3.28. The van der Waals surface area contributed by atoms with Gasteiger partial charge in [0.05, 0.1) is 5.92 Å². The monoisotopic (exact) mass is 343 g/mol. The average molecular weight is 343 g/mol. The van der Waals surface area contributed by atoms with Crippen molar-refractivity contribution in [2.24, 2.45) is 11.8 Å². The highest BCUT2D eigenvalue weighted by molar-refractivity contribution is 5.92. The van der Waals surface area contributed by atoms with Gasteiger partial charge in [0.15, 0.2) is 11.5 Å². The minimum absolute atomic E-state index is 0.166. The molecule has 2 amide bonds. The Morgan fingerprint density at radius 2 is 2.12 bits per heavy atom. The van der Waals surface area contributed by atoms with Crippen LogP contribution in [0.25, 0.3) is 11.1 Å². The van der Waals surface area contributed by atoms with Gasteiger partial charge in [0.25, 0.3) is 0 Å². The molecule has 2 aromatic rings. The van der Waals surface area contributed by atoms with E-state index >= 15 is 0 Å². The van der Waals surface area contributed by atoms with Crippen molar-refractivity contribution in [3.8, 4) is 0 Å². The van der Waals surface area contributed by atoms with E-state index in [0.29, 0.717) is 24.6 Å². The number of oxazole rings is 1. The third-order valence-corrected chi connectivity index (χ3v) is 4.88. The van der Waals surface area contributed by atoms with Crippen LogP contribution < -0.4 is 5.32 Å². The number of hydrogen-bond donors (Lipinski definition) is 2. The molecule has 2 atom stereocenters. The van der Waals surface area contributed by atoms with Crippen molar-refractivity contribution in [2.75, 3.05) is 18.4 Å². The summed E-state index contributed by atoms with van der Waals surface area (Å²) in [6.07, 6.45) is 2.84. The Morgan fingerprint density at radius 1 is 1.32 bits per heavy atom. The van der Waals surface area contributed by atoms with Gasteiger partial charge in [0, 0.05) is 24.7 Å². The number of carbonyl (C=O) groups is 2. The Bertz CT molecular complexity index is 827. The topological polar surface area (TPSA) is 95.7 Å². The number of aromatic nitrogens is 1. The van der Waals surface area contributed by atoms with Crippen LogP contribution in [0.4, 0.5) is 10.5 Å². The number of nitrogens with one attached hydrogen (secondary N) is 1. The number of nitrogens with zero attached hydrogens (tertiary/aromatic N) is 2. The number of urea groups is 1. The summed E-state index contributed by atoms with van der Waals surface area (Å²) in [5, 5.41) is 12.1. The molecule has 7 heteroatoms. The molecule has 1 saturated heterocycles. The number of benzene rings is 1. The number of hydrogen-bond acceptors (Lipinski definition) is 4. The van der Waals surface area contributed by atoms with Crippen LogP contribution in [0.1, 0.15) is 38.0 Å². The Morgan fingerprint density at radius 3 is 2.84 bits per heavy atom. The van der Waals surface area contributed by atoms with E-state index in [1.807, 2.05) is 13.0 Å². The molecule has 2 N–H and O–H groups in total. The second-order valence-corrected chi connectivity index (χ2v) is 7.22. The van der Waals surface area contributed by atoms with Gasteiger partial charge in [-0.3, -0.25) is 4.79 Å². The summed E-state index contributed by atoms with van der Waals surface area (Å²) in [7, 11) is 0. The van der Waals surface area contributed by atoms with Crippen molar-refractivity contribution >= 4 is 28.8 Å². The number of fused-ring (bicyclic) bond motifs is 1. The molecule has 0 bridgehead atoms. The largest absolute Gasteiger partial charge is 0.481 e. The molecule has 7 nitrogen and oxygen atoms in total. The lowest BCUT2D eigenvalue weighted by Crippen LogP contribution is -2.47. The molecule has 4 rings (SSSR count). The molecule has 2 fully saturated rings. The third kappa shape index (κ3) is 3.31. The summed E-state index contributed by atoms with van der Waals surface area (Å²) in [6.45, 7) is 2.77. The number of piperidine rings is 1. The van der Waals surface area contributed by atoms with Gasteiger partial charge in [-0.15, -0.1) is 0 Å². The van der Waals surface area contributed by atoms with Crippen molar-refractivity contribution in [2.45, 2.75) is 32.1 Å². The smallest absolute Gasteiger partial charge is 0.321 e. The normalized spacial score (nSPS) is 23.6. The van der Waals surface area contributed by atoms with Gasteiger partial charge in [-0.2, -0.15) is 0 Å². The lowest BCUT2D eigenvalue weighted by molar-refractivity contribution is -0.143. The Balaban J connectivity index is 1.48. The molecule has 1 saturated carbocycles. The molecule has 132 valence electrons. The van der Waals surface area contributed by atoms with E-state index in [1.165, 1.54) is 0 Å². The number of carboxylic acids is 1. The summed E-state index contributed by atoms with van der Waals surface area (Å²) in [5.41, 5.74) is 2.09. The molecule has 1 aromatic heterocycles. The summed E-state index contributed by atoms with van der Waals surface area (Å²) >= 11 is 0. The molecule has 2 heterocycles. The minimum atomic E-state index is -0.846. The van der Waals surface area contributed by atoms with Gasteiger partial charge in [-0.1, -0.05) is 6.92 Å². The van der Waals surface area contributed by atoms with Crippen LogP contribution in [-0.2, 0) is 4.79 Å². The minimum Gasteiger partial charge on any atom is -0.481 e. The van der Waals surface area contributed by atoms with Crippen LogP contribution in [0.5, 0.6) is 0 Å². The summed E-state index contributed by atoms with van der Waals surface area (Å²) < 4.78 is 5.72. The van der Waals surface area contributed by atoms with Crippen molar-refractivity contribution < 1.29 is 19.1 Å². The number of amides is 2. The highest BCUT2D eigenvalue weighted by Gasteiger charge is 2.32. The van der Waals surface area contributed by atoms with Crippen LogP contribution in [0, 0.1) is 11.8 Å². The molecule has 2 aliphatic rings. The van der Waals surface area contributed by atoms with E-state index < -0.39 is 11.9 Å². The van der Waals surface area contributed by atoms with E-state index in [4.69, 9.17) is 4.42 Å². The number of carbonyl (C=O) groups excluding carboxylic acids is 1. The summed E-state index contributed by atoms with van der Waals surface area (Å²) in [4.78, 5) is 29.8. The molecule has 1 aliphatic heterocycles. The van der Waals surface area contributed by atoms with E-state index in [0.717, 1.165) is 29.8 Å². The zero-order chi connectivity index (χ0) is 17.6. The first-order valence-corrected chi connectivity index (χ1v) is 8.69.